The second kappa shape index (κ2) is 11.4. The molecule has 3 aromatic carbocycles. The number of likely N-dealkylation sites (N-methyl/N-ethyl adjacent to an activating group) is 1. The molecule has 2 heteroatoms. The third-order valence-corrected chi connectivity index (χ3v) is 8.85. The van der Waals surface area contributed by atoms with E-state index in [-0.39, 0.29) is 10.8 Å². The average molecular weight is 529 g/mol. The summed E-state index contributed by atoms with van der Waals surface area (Å²) in [6, 6.07) is 28.5. The van der Waals surface area contributed by atoms with Crippen LogP contribution >= 0.6 is 0 Å². The fraction of sp³-hybridized carbons (Fsp3) is 0.316. The molecule has 1 N–H and O–H groups in total. The van der Waals surface area contributed by atoms with Crippen LogP contribution in [-0.2, 0) is 10.8 Å². The van der Waals surface area contributed by atoms with Crippen LogP contribution < -0.4 is 10.2 Å². The number of fused-ring (bicyclic) bond motifs is 1. The Bertz CT molecular complexity index is 1480. The molecule has 0 amide bonds. The molecule has 0 saturated carbocycles. The first-order valence-corrected chi connectivity index (χ1v) is 14.7. The lowest BCUT2D eigenvalue weighted by Gasteiger charge is -2.27. The zero-order chi connectivity index (χ0) is 28.3. The number of rotatable bonds is 7. The third kappa shape index (κ3) is 5.32. The minimum atomic E-state index is -0.0222. The molecule has 0 bridgehead atoms. The second-order valence-corrected chi connectivity index (χ2v) is 12.4. The number of anilines is 2. The van der Waals surface area contributed by atoms with Crippen LogP contribution in [0.4, 0.5) is 11.4 Å². The molecule has 1 aliphatic heterocycles. The molecule has 0 radical (unpaired) electrons. The second-order valence-electron chi connectivity index (χ2n) is 12.4. The number of hydrogen-bond donors (Lipinski definition) is 1. The van der Waals surface area contributed by atoms with E-state index in [2.05, 4.69) is 148 Å². The van der Waals surface area contributed by atoms with Crippen LogP contribution in [0.25, 0.3) is 5.57 Å². The van der Waals surface area contributed by atoms with Gasteiger partial charge in [0.2, 0.25) is 0 Å². The highest BCUT2D eigenvalue weighted by Crippen LogP contribution is 2.47. The van der Waals surface area contributed by atoms with Crippen LogP contribution in [0.5, 0.6) is 0 Å². The van der Waals surface area contributed by atoms with Gasteiger partial charge in [0.25, 0.3) is 0 Å². The summed E-state index contributed by atoms with van der Waals surface area (Å²) in [5, 5.41) is 3.38. The summed E-state index contributed by atoms with van der Waals surface area (Å²) >= 11 is 0. The summed E-state index contributed by atoms with van der Waals surface area (Å²) in [5.74, 6) is 0. The van der Waals surface area contributed by atoms with Crippen molar-refractivity contribution in [2.75, 3.05) is 24.3 Å². The maximum Gasteiger partial charge on any atom is 0.0447 e. The largest absolute Gasteiger partial charge is 0.388 e. The van der Waals surface area contributed by atoms with Crippen molar-refractivity contribution in [3.63, 3.8) is 0 Å². The van der Waals surface area contributed by atoms with Gasteiger partial charge in [0.1, 0.15) is 0 Å². The zero-order valence-corrected chi connectivity index (χ0v) is 25.1. The number of allylic oxidation sites excluding steroid dienone is 8. The van der Waals surface area contributed by atoms with Gasteiger partial charge in [-0.25, -0.2) is 0 Å². The summed E-state index contributed by atoms with van der Waals surface area (Å²) < 4.78 is 0. The van der Waals surface area contributed by atoms with Gasteiger partial charge >= 0.3 is 0 Å². The Morgan fingerprint density at radius 3 is 2.33 bits per heavy atom. The molecule has 3 aromatic rings. The van der Waals surface area contributed by atoms with E-state index in [1.807, 2.05) is 7.05 Å². The highest BCUT2D eigenvalue weighted by atomic mass is 15.2. The Labute approximate surface area is 241 Å². The van der Waals surface area contributed by atoms with Crippen LogP contribution in [0.15, 0.2) is 120 Å². The first-order valence-electron chi connectivity index (χ1n) is 14.7. The summed E-state index contributed by atoms with van der Waals surface area (Å²) in [6.07, 6.45) is 14.0. The molecular formula is C38H44N2. The van der Waals surface area contributed by atoms with Crippen LogP contribution in [0, 0.1) is 0 Å². The minimum absolute atomic E-state index is 0.0222. The van der Waals surface area contributed by atoms with Crippen molar-refractivity contribution < 1.29 is 0 Å². The molecule has 1 aliphatic carbocycles. The zero-order valence-electron chi connectivity index (χ0n) is 25.1. The molecule has 1 heterocycles. The minimum Gasteiger partial charge on any atom is -0.388 e. The van der Waals surface area contributed by atoms with E-state index in [1.54, 1.807) is 0 Å². The van der Waals surface area contributed by atoms with Gasteiger partial charge in [-0.05, 0) is 82.7 Å². The number of para-hydroxylation sites is 2. The Balaban J connectivity index is 1.51. The van der Waals surface area contributed by atoms with Crippen molar-refractivity contribution in [2.24, 2.45) is 0 Å². The predicted molar refractivity (Wildman–Crippen MR) is 174 cm³/mol. The Morgan fingerprint density at radius 2 is 1.57 bits per heavy atom. The monoisotopic (exact) mass is 528 g/mol. The van der Waals surface area contributed by atoms with E-state index in [0.717, 1.165) is 19.3 Å². The van der Waals surface area contributed by atoms with E-state index in [1.165, 1.54) is 56.9 Å². The normalized spacial score (nSPS) is 19.1. The highest BCUT2D eigenvalue weighted by molar-refractivity contribution is 5.84. The maximum atomic E-state index is 3.38. The maximum absolute atomic E-state index is 3.38. The molecule has 206 valence electrons. The lowest BCUT2D eigenvalue weighted by atomic mass is 9.79. The molecule has 0 saturated heterocycles. The summed E-state index contributed by atoms with van der Waals surface area (Å²) in [6.45, 7) is 9.37. The predicted octanol–water partition coefficient (Wildman–Crippen LogP) is 9.83. The summed E-state index contributed by atoms with van der Waals surface area (Å²) in [7, 11) is 4.21. The molecule has 0 unspecified atom stereocenters. The number of nitrogens with one attached hydrogen (secondary N) is 1. The van der Waals surface area contributed by atoms with Crippen molar-refractivity contribution in [3.05, 3.63) is 137 Å². The Kier molecular flexibility index (Phi) is 7.90. The van der Waals surface area contributed by atoms with Crippen molar-refractivity contribution in [1.82, 2.24) is 0 Å². The Hall–Kier alpha value is -3.78. The molecule has 2 aliphatic rings. The smallest absolute Gasteiger partial charge is 0.0447 e. The van der Waals surface area contributed by atoms with Gasteiger partial charge in [-0.1, -0.05) is 113 Å². The van der Waals surface area contributed by atoms with Gasteiger partial charge < -0.3 is 10.2 Å². The SMILES string of the molecule is CNc1ccccc1C(C)(C)C/C=C/C1=C(c2ccccc2)C(=C/C=C2/N(C)c3ccccc3C2(C)C)/CCC1. The van der Waals surface area contributed by atoms with Crippen LogP contribution in [0.1, 0.15) is 70.1 Å². The fourth-order valence-electron chi connectivity index (χ4n) is 6.61. The number of hydrogen-bond acceptors (Lipinski definition) is 2. The molecule has 40 heavy (non-hydrogen) atoms. The van der Waals surface area contributed by atoms with E-state index >= 15 is 0 Å². The van der Waals surface area contributed by atoms with E-state index in [9.17, 15) is 0 Å². The lowest BCUT2D eigenvalue weighted by molar-refractivity contribution is 0.535. The molecule has 0 spiro atoms. The van der Waals surface area contributed by atoms with Gasteiger partial charge in [-0.15, -0.1) is 0 Å². The molecule has 0 atom stereocenters. The van der Waals surface area contributed by atoms with Crippen molar-refractivity contribution >= 4 is 16.9 Å². The highest BCUT2D eigenvalue weighted by Gasteiger charge is 2.37. The standard InChI is InChI=1S/C38H44N2/c1-37(2,31-21-10-12-23-33(31)39-5)27-15-20-29-18-14-19-30(36(29)28-16-8-7-9-17-28)25-26-35-38(3,4)32-22-11-13-24-34(32)40(35)6/h7-13,15-17,20-26,39H,14,18-19,27H2,1-6H3/b20-15+,30-25+,35-26+. The molecule has 5 rings (SSSR count). The van der Waals surface area contributed by atoms with Crippen LogP contribution in [-0.4, -0.2) is 14.1 Å². The quantitative estimate of drug-likeness (QED) is 0.328. The summed E-state index contributed by atoms with van der Waals surface area (Å²) in [5.41, 5.74) is 12.2. The van der Waals surface area contributed by atoms with Crippen LogP contribution in [0.3, 0.4) is 0 Å². The third-order valence-electron chi connectivity index (χ3n) is 8.85. The molecular weight excluding hydrogens is 484 g/mol. The van der Waals surface area contributed by atoms with Crippen LogP contribution in [0.2, 0.25) is 0 Å². The van der Waals surface area contributed by atoms with E-state index in [0.29, 0.717) is 0 Å². The lowest BCUT2D eigenvalue weighted by Crippen LogP contribution is -2.22. The number of nitrogens with zero attached hydrogens (tertiary/aromatic N) is 1. The average Bonchev–Trinajstić information content (AvgIpc) is 3.16. The van der Waals surface area contributed by atoms with Crippen molar-refractivity contribution in [2.45, 2.75) is 64.2 Å². The van der Waals surface area contributed by atoms with Gasteiger partial charge in [-0.2, -0.15) is 0 Å². The van der Waals surface area contributed by atoms with Crippen molar-refractivity contribution in [1.29, 1.82) is 0 Å². The molecule has 0 aromatic heterocycles. The van der Waals surface area contributed by atoms with Crippen molar-refractivity contribution in [3.8, 4) is 0 Å². The Morgan fingerprint density at radius 1 is 0.875 bits per heavy atom. The van der Waals surface area contributed by atoms with Gasteiger partial charge in [0, 0.05) is 36.6 Å². The first-order chi connectivity index (χ1) is 19.2. The number of benzene rings is 3. The van der Waals surface area contributed by atoms with E-state index < -0.39 is 0 Å². The fourth-order valence-corrected chi connectivity index (χ4v) is 6.61. The van der Waals surface area contributed by atoms with E-state index in [4.69, 9.17) is 0 Å². The summed E-state index contributed by atoms with van der Waals surface area (Å²) in [4.78, 5) is 2.37. The topological polar surface area (TPSA) is 15.3 Å². The van der Waals surface area contributed by atoms with Gasteiger partial charge in [0.15, 0.2) is 0 Å². The van der Waals surface area contributed by atoms with Gasteiger partial charge in [0.05, 0.1) is 0 Å². The molecule has 0 fully saturated rings. The molecule has 2 nitrogen and oxygen atoms in total. The first kappa shape index (κ1) is 27.8. The van der Waals surface area contributed by atoms with Gasteiger partial charge in [-0.3, -0.25) is 0 Å².